The first-order chi connectivity index (χ1) is 6.47. The van der Waals surface area contributed by atoms with Crippen LogP contribution in [-0.4, -0.2) is 25.5 Å². The molecule has 1 saturated heterocycles. The van der Waals surface area contributed by atoms with Gasteiger partial charge in [-0.3, -0.25) is 15.0 Å². The topological polar surface area (TPSA) is 67.4 Å². The number of carbonyl (C=O) groups excluding carboxylic acids is 2. The van der Waals surface area contributed by atoms with Gasteiger partial charge in [0.05, 0.1) is 18.4 Å². The van der Waals surface area contributed by atoms with Crippen LogP contribution in [0.25, 0.3) is 0 Å². The van der Waals surface area contributed by atoms with Crippen molar-refractivity contribution in [1.29, 1.82) is 0 Å². The summed E-state index contributed by atoms with van der Waals surface area (Å²) in [6.07, 6.45) is 0.499. The average Bonchev–Trinajstić information content (AvgIpc) is 2.50. The van der Waals surface area contributed by atoms with Gasteiger partial charge in [0.2, 0.25) is 5.91 Å². The van der Waals surface area contributed by atoms with E-state index in [0.29, 0.717) is 13.0 Å². The summed E-state index contributed by atoms with van der Waals surface area (Å²) < 4.78 is 4.67. The third kappa shape index (κ3) is 2.23. The first-order valence-corrected chi connectivity index (χ1v) is 4.58. The Morgan fingerprint density at radius 2 is 2.29 bits per heavy atom. The molecule has 0 aliphatic carbocycles. The number of esters is 1. The highest BCUT2D eigenvalue weighted by molar-refractivity contribution is 5.82. The molecule has 1 unspecified atom stereocenters. The predicted octanol–water partition coefficient (Wildman–Crippen LogP) is -0.174. The van der Waals surface area contributed by atoms with Crippen LogP contribution in [0.3, 0.4) is 0 Å². The van der Waals surface area contributed by atoms with Gasteiger partial charge in [0.15, 0.2) is 0 Å². The monoisotopic (exact) mass is 200 g/mol. The van der Waals surface area contributed by atoms with Crippen LogP contribution < -0.4 is 10.9 Å². The normalized spacial score (nSPS) is 21.9. The Hall–Kier alpha value is -1.10. The highest BCUT2D eigenvalue weighted by atomic mass is 16.5. The number of hydrazine groups is 1. The minimum Gasteiger partial charge on any atom is -0.469 e. The zero-order chi connectivity index (χ0) is 10.8. The molecule has 1 fully saturated rings. The first-order valence-electron chi connectivity index (χ1n) is 4.58. The van der Waals surface area contributed by atoms with Gasteiger partial charge in [0.25, 0.3) is 0 Å². The van der Waals surface area contributed by atoms with Crippen LogP contribution in [0, 0.1) is 11.3 Å². The molecule has 0 bridgehead atoms. The number of hydrogen-bond donors (Lipinski definition) is 2. The smallest absolute Gasteiger partial charge is 0.311 e. The quantitative estimate of drug-likeness (QED) is 0.620. The van der Waals surface area contributed by atoms with Crippen molar-refractivity contribution >= 4 is 11.9 Å². The summed E-state index contributed by atoms with van der Waals surface area (Å²) >= 11 is 0. The molecule has 0 saturated carbocycles. The molecule has 0 radical (unpaired) electrons. The van der Waals surface area contributed by atoms with Gasteiger partial charge in [0.1, 0.15) is 0 Å². The van der Waals surface area contributed by atoms with Crippen molar-refractivity contribution in [2.24, 2.45) is 11.3 Å². The van der Waals surface area contributed by atoms with Crippen LogP contribution in [0.4, 0.5) is 0 Å². The lowest BCUT2D eigenvalue weighted by atomic mass is 9.83. The zero-order valence-electron chi connectivity index (χ0n) is 8.72. The van der Waals surface area contributed by atoms with Crippen molar-refractivity contribution in [3.05, 3.63) is 0 Å². The van der Waals surface area contributed by atoms with Gasteiger partial charge in [-0.1, -0.05) is 0 Å². The molecule has 0 aromatic rings. The summed E-state index contributed by atoms with van der Waals surface area (Å²) in [6, 6.07) is 0. The van der Waals surface area contributed by atoms with Crippen molar-refractivity contribution in [3.63, 3.8) is 0 Å². The Morgan fingerprint density at radius 3 is 2.71 bits per heavy atom. The first kappa shape index (κ1) is 11.0. The highest BCUT2D eigenvalue weighted by Gasteiger charge is 2.36. The van der Waals surface area contributed by atoms with Gasteiger partial charge in [-0.15, -0.1) is 0 Å². The van der Waals surface area contributed by atoms with Gasteiger partial charge in [0, 0.05) is 6.54 Å². The van der Waals surface area contributed by atoms with Gasteiger partial charge < -0.3 is 4.74 Å². The molecular weight excluding hydrogens is 184 g/mol. The molecule has 1 heterocycles. The average molecular weight is 200 g/mol. The maximum Gasteiger partial charge on any atom is 0.311 e. The molecule has 5 heteroatoms. The van der Waals surface area contributed by atoms with E-state index >= 15 is 0 Å². The molecule has 2 N–H and O–H groups in total. The number of amides is 1. The van der Waals surface area contributed by atoms with E-state index in [1.807, 2.05) is 0 Å². The lowest BCUT2D eigenvalue weighted by Crippen LogP contribution is -2.31. The second-order valence-electron chi connectivity index (χ2n) is 4.15. The number of carbonyl (C=O) groups is 2. The summed E-state index contributed by atoms with van der Waals surface area (Å²) in [5.74, 6) is -0.483. The lowest BCUT2D eigenvalue weighted by Gasteiger charge is -2.23. The number of nitrogens with one attached hydrogen (secondary N) is 2. The second kappa shape index (κ2) is 3.96. The molecule has 14 heavy (non-hydrogen) atoms. The van der Waals surface area contributed by atoms with E-state index in [4.69, 9.17) is 0 Å². The van der Waals surface area contributed by atoms with Crippen molar-refractivity contribution in [2.75, 3.05) is 13.7 Å². The van der Waals surface area contributed by atoms with E-state index in [0.717, 1.165) is 0 Å². The Morgan fingerprint density at radius 1 is 1.64 bits per heavy atom. The summed E-state index contributed by atoms with van der Waals surface area (Å²) in [5, 5.41) is 0. The Bertz CT molecular complexity index is 250. The molecule has 0 aromatic heterocycles. The number of rotatable bonds is 3. The van der Waals surface area contributed by atoms with Crippen LogP contribution >= 0.6 is 0 Å². The molecule has 1 amide bonds. The largest absolute Gasteiger partial charge is 0.469 e. The number of hydrogen-bond acceptors (Lipinski definition) is 4. The maximum atomic E-state index is 11.4. The minimum absolute atomic E-state index is 0.0537. The standard InChI is InChI=1S/C9H16N2O3/c1-9(2,8(13)14-3)4-6-5-10-11-7(6)12/h6,10H,4-5H2,1-3H3,(H,11,12). The second-order valence-corrected chi connectivity index (χ2v) is 4.15. The van der Waals surface area contributed by atoms with Gasteiger partial charge in [-0.05, 0) is 20.3 Å². The molecule has 0 spiro atoms. The third-order valence-electron chi connectivity index (χ3n) is 2.43. The zero-order valence-corrected chi connectivity index (χ0v) is 8.72. The number of methoxy groups -OCH3 is 1. The number of ether oxygens (including phenoxy) is 1. The summed E-state index contributed by atoms with van der Waals surface area (Å²) in [4.78, 5) is 22.6. The summed E-state index contributed by atoms with van der Waals surface area (Å²) in [5.41, 5.74) is 4.65. The summed E-state index contributed by atoms with van der Waals surface area (Å²) in [7, 11) is 1.36. The third-order valence-corrected chi connectivity index (χ3v) is 2.43. The lowest BCUT2D eigenvalue weighted by molar-refractivity contribution is -0.151. The van der Waals surface area contributed by atoms with Gasteiger partial charge in [-0.2, -0.15) is 0 Å². The Labute approximate surface area is 83.2 Å². The van der Waals surface area contributed by atoms with E-state index < -0.39 is 5.41 Å². The fraction of sp³-hybridized carbons (Fsp3) is 0.778. The van der Waals surface area contributed by atoms with Crippen LogP contribution in [0.15, 0.2) is 0 Å². The molecule has 1 atom stereocenters. The predicted molar refractivity (Wildman–Crippen MR) is 50.0 cm³/mol. The van der Waals surface area contributed by atoms with E-state index in [1.165, 1.54) is 7.11 Å². The van der Waals surface area contributed by atoms with E-state index in [2.05, 4.69) is 15.6 Å². The highest BCUT2D eigenvalue weighted by Crippen LogP contribution is 2.27. The van der Waals surface area contributed by atoms with Crippen LogP contribution in [-0.2, 0) is 14.3 Å². The van der Waals surface area contributed by atoms with Crippen molar-refractivity contribution < 1.29 is 14.3 Å². The van der Waals surface area contributed by atoms with Crippen LogP contribution in [0.2, 0.25) is 0 Å². The molecule has 0 aromatic carbocycles. The van der Waals surface area contributed by atoms with Gasteiger partial charge in [-0.25, -0.2) is 5.43 Å². The Kier molecular flexibility index (Phi) is 3.10. The van der Waals surface area contributed by atoms with Crippen molar-refractivity contribution in [3.8, 4) is 0 Å². The molecule has 1 rings (SSSR count). The fourth-order valence-electron chi connectivity index (χ4n) is 1.60. The SMILES string of the molecule is COC(=O)C(C)(C)CC1CNNC1=O. The summed E-state index contributed by atoms with van der Waals surface area (Å²) in [6.45, 7) is 4.13. The Balaban J connectivity index is 2.58. The van der Waals surface area contributed by atoms with Crippen LogP contribution in [0.5, 0.6) is 0 Å². The minimum atomic E-state index is -0.608. The molecule has 1 aliphatic heterocycles. The maximum absolute atomic E-state index is 11.4. The van der Waals surface area contributed by atoms with Gasteiger partial charge >= 0.3 is 5.97 Å². The fourth-order valence-corrected chi connectivity index (χ4v) is 1.60. The van der Waals surface area contributed by atoms with E-state index in [1.54, 1.807) is 13.8 Å². The molecule has 1 aliphatic rings. The molecule has 5 nitrogen and oxygen atoms in total. The van der Waals surface area contributed by atoms with Crippen LogP contribution in [0.1, 0.15) is 20.3 Å². The van der Waals surface area contributed by atoms with E-state index in [9.17, 15) is 9.59 Å². The molecule has 80 valence electrons. The molecular formula is C9H16N2O3. The van der Waals surface area contributed by atoms with Crippen molar-refractivity contribution in [2.45, 2.75) is 20.3 Å². The van der Waals surface area contributed by atoms with E-state index in [-0.39, 0.29) is 17.8 Å². The van der Waals surface area contributed by atoms with Crippen molar-refractivity contribution in [1.82, 2.24) is 10.9 Å².